The summed E-state index contributed by atoms with van der Waals surface area (Å²) in [6, 6.07) is 15.5. The van der Waals surface area contributed by atoms with Crippen molar-refractivity contribution in [2.75, 3.05) is 11.9 Å². The van der Waals surface area contributed by atoms with Gasteiger partial charge in [-0.1, -0.05) is 33.6 Å². The fraction of sp³-hybridized carbons (Fsp3) is 0.133. The number of alkyl halides is 1. The monoisotopic (exact) mass is 334 g/mol. The summed E-state index contributed by atoms with van der Waals surface area (Å²) in [4.78, 5) is 2.03. The molecular weight excluding hydrogens is 324 g/mol. The molecule has 0 saturated carbocycles. The molecule has 4 heteroatoms. The highest BCUT2D eigenvalue weighted by Gasteiger charge is 2.07. The van der Waals surface area contributed by atoms with Crippen LogP contribution in [0.5, 0.6) is 0 Å². The molecule has 0 atom stereocenters. The largest absolute Gasteiger partial charge is 0.345 e. The maximum atomic E-state index is 8.79. The molecule has 0 heterocycles. The second-order valence-electron chi connectivity index (χ2n) is 4.13. The van der Waals surface area contributed by atoms with Crippen molar-refractivity contribution in [1.29, 1.82) is 5.26 Å². The van der Waals surface area contributed by atoms with Gasteiger partial charge in [-0.3, -0.25) is 0 Å². The molecule has 0 radical (unpaired) electrons. The standard InChI is InChI=1S/C15H12BrClN2/c1-19(13-5-2-11(10-18)3-6-13)14-7-4-12(9-16)15(17)8-14/h2-8H,9H2,1H3. The zero-order chi connectivity index (χ0) is 13.8. The molecule has 2 nitrogen and oxygen atoms in total. The lowest BCUT2D eigenvalue weighted by Crippen LogP contribution is -2.09. The summed E-state index contributed by atoms with van der Waals surface area (Å²) in [5, 5.41) is 10.3. The fourth-order valence-corrected chi connectivity index (χ4v) is 2.65. The molecule has 19 heavy (non-hydrogen) atoms. The van der Waals surface area contributed by atoms with Crippen molar-refractivity contribution in [3.63, 3.8) is 0 Å². The summed E-state index contributed by atoms with van der Waals surface area (Å²) in [7, 11) is 1.97. The van der Waals surface area contributed by atoms with Crippen molar-refractivity contribution in [3.05, 3.63) is 58.6 Å². The van der Waals surface area contributed by atoms with Crippen molar-refractivity contribution in [1.82, 2.24) is 0 Å². The van der Waals surface area contributed by atoms with Gasteiger partial charge in [0.2, 0.25) is 0 Å². The minimum Gasteiger partial charge on any atom is -0.345 e. The van der Waals surface area contributed by atoms with Crippen molar-refractivity contribution in [3.8, 4) is 6.07 Å². The normalized spacial score (nSPS) is 10.0. The first-order chi connectivity index (χ1) is 9.15. The Morgan fingerprint density at radius 1 is 1.16 bits per heavy atom. The van der Waals surface area contributed by atoms with E-state index in [0.717, 1.165) is 27.3 Å². The SMILES string of the molecule is CN(c1ccc(C#N)cc1)c1ccc(CBr)c(Cl)c1. The molecule has 0 saturated heterocycles. The summed E-state index contributed by atoms with van der Waals surface area (Å²) in [6.07, 6.45) is 0. The van der Waals surface area contributed by atoms with Crippen LogP contribution < -0.4 is 4.90 Å². The Morgan fingerprint density at radius 2 is 1.79 bits per heavy atom. The Bertz CT molecular complexity index is 617. The highest BCUT2D eigenvalue weighted by molar-refractivity contribution is 9.08. The van der Waals surface area contributed by atoms with E-state index in [1.165, 1.54) is 0 Å². The maximum absolute atomic E-state index is 8.79. The van der Waals surface area contributed by atoms with E-state index in [1.54, 1.807) is 12.1 Å². The molecule has 0 aliphatic rings. The molecule has 0 amide bonds. The van der Waals surface area contributed by atoms with Gasteiger partial charge in [-0.25, -0.2) is 0 Å². The summed E-state index contributed by atoms with van der Waals surface area (Å²) in [5.74, 6) is 0. The van der Waals surface area contributed by atoms with Gasteiger partial charge >= 0.3 is 0 Å². The van der Waals surface area contributed by atoms with Crippen molar-refractivity contribution in [2.45, 2.75) is 5.33 Å². The van der Waals surface area contributed by atoms with Gasteiger partial charge in [0.25, 0.3) is 0 Å². The van der Waals surface area contributed by atoms with Crippen molar-refractivity contribution >= 4 is 38.9 Å². The molecule has 2 rings (SSSR count). The smallest absolute Gasteiger partial charge is 0.0991 e. The van der Waals surface area contributed by atoms with Gasteiger partial charge in [0.05, 0.1) is 11.6 Å². The van der Waals surface area contributed by atoms with Crippen LogP contribution >= 0.6 is 27.5 Å². The van der Waals surface area contributed by atoms with Gasteiger partial charge in [-0.15, -0.1) is 0 Å². The zero-order valence-electron chi connectivity index (χ0n) is 10.4. The van der Waals surface area contributed by atoms with Gasteiger partial charge in [0.15, 0.2) is 0 Å². The topological polar surface area (TPSA) is 27.0 Å². The third-order valence-electron chi connectivity index (χ3n) is 2.95. The number of benzene rings is 2. The first kappa shape index (κ1) is 13.9. The van der Waals surface area contributed by atoms with E-state index in [4.69, 9.17) is 16.9 Å². The van der Waals surface area contributed by atoms with Crippen LogP contribution in [0.15, 0.2) is 42.5 Å². The van der Waals surface area contributed by atoms with Crippen LogP contribution in [0.2, 0.25) is 5.02 Å². The number of nitrogens with zero attached hydrogens (tertiary/aromatic N) is 2. The molecule has 2 aromatic rings. The van der Waals surface area contributed by atoms with E-state index in [1.807, 2.05) is 42.3 Å². The lowest BCUT2D eigenvalue weighted by atomic mass is 10.2. The fourth-order valence-electron chi connectivity index (χ4n) is 1.76. The van der Waals surface area contributed by atoms with Crippen LogP contribution in [-0.4, -0.2) is 7.05 Å². The highest BCUT2D eigenvalue weighted by Crippen LogP contribution is 2.29. The van der Waals surface area contributed by atoms with Gasteiger partial charge in [-0.05, 0) is 42.0 Å². The summed E-state index contributed by atoms with van der Waals surface area (Å²) < 4.78 is 0. The number of halogens is 2. The minimum atomic E-state index is 0.657. The molecule has 0 aliphatic carbocycles. The molecular formula is C15H12BrClN2. The molecule has 0 aromatic heterocycles. The quantitative estimate of drug-likeness (QED) is 0.748. The second-order valence-corrected chi connectivity index (χ2v) is 5.09. The third kappa shape index (κ3) is 3.09. The number of anilines is 2. The number of hydrogen-bond acceptors (Lipinski definition) is 2. The average molecular weight is 336 g/mol. The third-order valence-corrected chi connectivity index (χ3v) is 3.91. The van der Waals surface area contributed by atoms with E-state index in [2.05, 4.69) is 22.0 Å². The molecule has 2 aromatic carbocycles. The van der Waals surface area contributed by atoms with Gasteiger partial charge in [-0.2, -0.15) is 5.26 Å². The molecule has 96 valence electrons. The van der Waals surface area contributed by atoms with Crippen molar-refractivity contribution in [2.24, 2.45) is 0 Å². The maximum Gasteiger partial charge on any atom is 0.0991 e. The van der Waals surface area contributed by atoms with Crippen LogP contribution in [0, 0.1) is 11.3 Å². The predicted octanol–water partition coefficient (Wildman–Crippen LogP) is 4.87. The Labute approximate surface area is 126 Å². The Morgan fingerprint density at radius 3 is 2.32 bits per heavy atom. The second kappa shape index (κ2) is 6.10. The van der Waals surface area contributed by atoms with E-state index >= 15 is 0 Å². The predicted molar refractivity (Wildman–Crippen MR) is 83.3 cm³/mol. The Kier molecular flexibility index (Phi) is 4.47. The summed E-state index contributed by atoms with van der Waals surface area (Å²) >= 11 is 9.61. The molecule has 0 N–H and O–H groups in total. The van der Waals surface area contributed by atoms with Gasteiger partial charge in [0.1, 0.15) is 0 Å². The van der Waals surface area contributed by atoms with Gasteiger partial charge in [0, 0.05) is 28.8 Å². The number of rotatable bonds is 3. The van der Waals surface area contributed by atoms with Crippen LogP contribution in [0.1, 0.15) is 11.1 Å². The molecule has 0 unspecified atom stereocenters. The minimum absolute atomic E-state index is 0.657. The first-order valence-corrected chi connectivity index (χ1v) is 7.24. The number of nitriles is 1. The van der Waals surface area contributed by atoms with Crippen LogP contribution in [0.25, 0.3) is 0 Å². The Balaban J connectivity index is 2.30. The van der Waals surface area contributed by atoms with Crippen LogP contribution in [0.3, 0.4) is 0 Å². The van der Waals surface area contributed by atoms with E-state index in [9.17, 15) is 0 Å². The van der Waals surface area contributed by atoms with E-state index in [-0.39, 0.29) is 0 Å². The highest BCUT2D eigenvalue weighted by atomic mass is 79.9. The Hall–Kier alpha value is -1.50. The first-order valence-electron chi connectivity index (χ1n) is 5.74. The number of hydrogen-bond donors (Lipinski definition) is 0. The van der Waals surface area contributed by atoms with Crippen LogP contribution in [-0.2, 0) is 5.33 Å². The zero-order valence-corrected chi connectivity index (χ0v) is 12.7. The van der Waals surface area contributed by atoms with Crippen molar-refractivity contribution < 1.29 is 0 Å². The summed E-state index contributed by atoms with van der Waals surface area (Å²) in [5.41, 5.74) is 3.75. The molecule has 0 bridgehead atoms. The molecule has 0 fully saturated rings. The molecule has 0 spiro atoms. The van der Waals surface area contributed by atoms with Gasteiger partial charge < -0.3 is 4.90 Å². The summed E-state index contributed by atoms with van der Waals surface area (Å²) in [6.45, 7) is 0. The average Bonchev–Trinajstić information content (AvgIpc) is 2.46. The lowest BCUT2D eigenvalue weighted by molar-refractivity contribution is 1.20. The lowest BCUT2D eigenvalue weighted by Gasteiger charge is -2.20. The van der Waals surface area contributed by atoms with E-state index < -0.39 is 0 Å². The molecule has 0 aliphatic heterocycles. The van der Waals surface area contributed by atoms with E-state index in [0.29, 0.717) is 5.56 Å². The van der Waals surface area contributed by atoms with Crippen LogP contribution in [0.4, 0.5) is 11.4 Å².